The molecular weight excluding hydrogens is 452 g/mol. The van der Waals surface area contributed by atoms with Crippen molar-refractivity contribution in [2.24, 2.45) is 0 Å². The molecule has 0 fully saturated rings. The van der Waals surface area contributed by atoms with E-state index >= 15 is 0 Å². The van der Waals surface area contributed by atoms with Gasteiger partial charge in [-0.25, -0.2) is 0 Å². The van der Waals surface area contributed by atoms with Crippen LogP contribution in [0.4, 0.5) is 8.78 Å². The van der Waals surface area contributed by atoms with Crippen LogP contribution in [0.15, 0.2) is 42.5 Å². The number of hydrogen-bond acceptors (Lipinski definition) is 7. The fourth-order valence-electron chi connectivity index (χ4n) is 3.05. The summed E-state index contributed by atoms with van der Waals surface area (Å²) in [6.45, 7) is -1.04. The number of esters is 1. The van der Waals surface area contributed by atoms with Crippen molar-refractivity contribution in [1.82, 2.24) is 5.32 Å². The predicted octanol–water partition coefficient (Wildman–Crippen LogP) is 4.14. The van der Waals surface area contributed by atoms with Gasteiger partial charge in [-0.05, 0) is 48.4 Å². The predicted molar refractivity (Wildman–Crippen MR) is 120 cm³/mol. The van der Waals surface area contributed by atoms with Crippen molar-refractivity contribution in [3.05, 3.63) is 53.6 Å². The lowest BCUT2D eigenvalue weighted by Crippen LogP contribution is -2.29. The molecule has 0 saturated heterocycles. The van der Waals surface area contributed by atoms with Crippen LogP contribution in [0, 0.1) is 0 Å². The van der Waals surface area contributed by atoms with Crippen molar-refractivity contribution in [2.75, 3.05) is 27.9 Å². The van der Waals surface area contributed by atoms with Crippen LogP contribution in [0.1, 0.15) is 30.5 Å². The molecule has 2 aromatic rings. The summed E-state index contributed by atoms with van der Waals surface area (Å²) < 4.78 is 50.2. The fourth-order valence-corrected chi connectivity index (χ4v) is 3.05. The molecule has 1 N–H and O–H groups in total. The van der Waals surface area contributed by atoms with Gasteiger partial charge in [0, 0.05) is 6.08 Å². The number of alkyl halides is 2. The van der Waals surface area contributed by atoms with Gasteiger partial charge in [-0.3, -0.25) is 9.59 Å². The van der Waals surface area contributed by atoms with Crippen molar-refractivity contribution >= 4 is 18.0 Å². The van der Waals surface area contributed by atoms with Gasteiger partial charge in [-0.1, -0.05) is 12.1 Å². The summed E-state index contributed by atoms with van der Waals surface area (Å²) >= 11 is 0. The molecule has 184 valence electrons. The highest BCUT2D eigenvalue weighted by atomic mass is 19.3. The Kier molecular flexibility index (Phi) is 10.1. The zero-order chi connectivity index (χ0) is 25.1. The van der Waals surface area contributed by atoms with Gasteiger partial charge in [0.05, 0.1) is 40.4 Å². The van der Waals surface area contributed by atoms with Crippen LogP contribution < -0.4 is 24.3 Å². The summed E-state index contributed by atoms with van der Waals surface area (Å²) in [6, 6.07) is 8.64. The second kappa shape index (κ2) is 13.0. The Labute approximate surface area is 196 Å². The summed E-state index contributed by atoms with van der Waals surface area (Å²) in [7, 11) is 4.23. The minimum Gasteiger partial charge on any atom is -0.493 e. The maximum Gasteiger partial charge on any atom is 0.387 e. The normalized spacial score (nSPS) is 11.7. The third-order valence-corrected chi connectivity index (χ3v) is 4.64. The van der Waals surface area contributed by atoms with Crippen LogP contribution in [0.25, 0.3) is 6.08 Å². The highest BCUT2D eigenvalue weighted by molar-refractivity contribution is 5.92. The van der Waals surface area contributed by atoms with Crippen LogP contribution in [-0.4, -0.2) is 46.4 Å². The molecule has 34 heavy (non-hydrogen) atoms. The average Bonchev–Trinajstić information content (AvgIpc) is 2.83. The standard InChI is InChI=1S/C24H27F2NO7/c1-5-33-21-12-15(6-9-19(21)34-24(25)26)7-11-22(28)27-17(14-23(29)32-4)16-8-10-18(30-2)20(13-16)31-3/h6-13,17,24H,5,14H2,1-4H3,(H,27,28)/b11-7+. The lowest BCUT2D eigenvalue weighted by molar-refractivity contribution is -0.141. The molecule has 0 aliphatic rings. The Hall–Kier alpha value is -3.82. The first-order chi connectivity index (χ1) is 16.3. The van der Waals surface area contributed by atoms with E-state index < -0.39 is 24.5 Å². The number of benzene rings is 2. The van der Waals surface area contributed by atoms with Gasteiger partial charge in [0.1, 0.15) is 0 Å². The fraction of sp³-hybridized carbons (Fsp3) is 0.333. The molecule has 0 heterocycles. The third kappa shape index (κ3) is 7.65. The summed E-state index contributed by atoms with van der Waals surface area (Å²) in [5, 5.41) is 2.76. The highest BCUT2D eigenvalue weighted by Crippen LogP contribution is 2.32. The first-order valence-corrected chi connectivity index (χ1v) is 10.3. The molecule has 10 heteroatoms. The zero-order valence-electron chi connectivity index (χ0n) is 19.3. The highest BCUT2D eigenvalue weighted by Gasteiger charge is 2.20. The Morgan fingerprint density at radius 3 is 2.29 bits per heavy atom. The van der Waals surface area contributed by atoms with E-state index in [-0.39, 0.29) is 24.5 Å². The molecule has 1 unspecified atom stereocenters. The number of carbonyl (C=O) groups excluding carboxylic acids is 2. The second-order valence-corrected chi connectivity index (χ2v) is 6.81. The van der Waals surface area contributed by atoms with Crippen molar-refractivity contribution in [3.8, 4) is 23.0 Å². The number of methoxy groups -OCH3 is 3. The maximum absolute atomic E-state index is 12.6. The minimum atomic E-state index is -2.99. The first-order valence-electron chi connectivity index (χ1n) is 10.3. The van der Waals surface area contributed by atoms with E-state index in [1.54, 1.807) is 25.1 Å². The van der Waals surface area contributed by atoms with Crippen LogP contribution >= 0.6 is 0 Å². The Balaban J connectivity index is 2.22. The van der Waals surface area contributed by atoms with E-state index in [4.69, 9.17) is 18.9 Å². The molecule has 0 aliphatic carbocycles. The molecule has 1 atom stereocenters. The molecule has 0 bridgehead atoms. The number of carbonyl (C=O) groups is 2. The molecular formula is C24H27F2NO7. The van der Waals surface area contributed by atoms with Gasteiger partial charge >= 0.3 is 12.6 Å². The molecule has 2 rings (SSSR count). The number of nitrogens with one attached hydrogen (secondary N) is 1. The van der Waals surface area contributed by atoms with E-state index in [0.717, 1.165) is 0 Å². The molecule has 0 aliphatic heterocycles. The number of hydrogen-bond donors (Lipinski definition) is 1. The number of rotatable bonds is 12. The second-order valence-electron chi connectivity index (χ2n) is 6.81. The van der Waals surface area contributed by atoms with Crippen molar-refractivity contribution in [2.45, 2.75) is 26.0 Å². The largest absolute Gasteiger partial charge is 0.493 e. The van der Waals surface area contributed by atoms with Gasteiger partial charge in [0.25, 0.3) is 0 Å². The molecule has 1 amide bonds. The first kappa shape index (κ1) is 26.4. The van der Waals surface area contributed by atoms with Crippen LogP contribution in [0.3, 0.4) is 0 Å². The molecule has 0 aromatic heterocycles. The smallest absolute Gasteiger partial charge is 0.387 e. The molecule has 0 spiro atoms. The lowest BCUT2D eigenvalue weighted by atomic mass is 10.0. The van der Waals surface area contributed by atoms with Crippen molar-refractivity contribution in [3.63, 3.8) is 0 Å². The molecule has 0 saturated carbocycles. The van der Waals surface area contributed by atoms with Crippen molar-refractivity contribution in [1.29, 1.82) is 0 Å². The van der Waals surface area contributed by atoms with Crippen LogP contribution in [0.2, 0.25) is 0 Å². The van der Waals surface area contributed by atoms with Crippen molar-refractivity contribution < 1.29 is 42.1 Å². The Morgan fingerprint density at radius 1 is 0.971 bits per heavy atom. The summed E-state index contributed by atoms with van der Waals surface area (Å²) in [5.41, 5.74) is 1.13. The SMILES string of the molecule is CCOc1cc(/C=C/C(=O)NC(CC(=O)OC)c2ccc(OC)c(OC)c2)ccc1OC(F)F. The number of halogens is 2. The number of amides is 1. The molecule has 2 aromatic carbocycles. The Bertz CT molecular complexity index is 1010. The van der Waals surface area contributed by atoms with Gasteiger partial charge in [0.15, 0.2) is 23.0 Å². The zero-order valence-corrected chi connectivity index (χ0v) is 19.3. The van der Waals surface area contributed by atoms with E-state index in [2.05, 4.69) is 10.1 Å². The number of ether oxygens (including phenoxy) is 5. The summed E-state index contributed by atoms with van der Waals surface area (Å²) in [5.74, 6) is -0.0493. The third-order valence-electron chi connectivity index (χ3n) is 4.64. The summed E-state index contributed by atoms with van der Waals surface area (Å²) in [6.07, 6.45) is 2.62. The molecule has 8 nitrogen and oxygen atoms in total. The quantitative estimate of drug-likeness (QED) is 0.361. The van der Waals surface area contributed by atoms with E-state index in [1.165, 1.54) is 51.7 Å². The van der Waals surface area contributed by atoms with Gasteiger partial charge in [-0.15, -0.1) is 0 Å². The van der Waals surface area contributed by atoms with E-state index in [0.29, 0.717) is 22.6 Å². The summed E-state index contributed by atoms with van der Waals surface area (Å²) in [4.78, 5) is 24.5. The van der Waals surface area contributed by atoms with Crippen LogP contribution in [-0.2, 0) is 14.3 Å². The van der Waals surface area contributed by atoms with E-state index in [9.17, 15) is 18.4 Å². The van der Waals surface area contributed by atoms with Gasteiger partial charge in [0.2, 0.25) is 5.91 Å². The monoisotopic (exact) mass is 479 g/mol. The van der Waals surface area contributed by atoms with Gasteiger partial charge < -0.3 is 29.0 Å². The average molecular weight is 479 g/mol. The topological polar surface area (TPSA) is 92.3 Å². The van der Waals surface area contributed by atoms with E-state index in [1.807, 2.05) is 0 Å². The lowest BCUT2D eigenvalue weighted by Gasteiger charge is -2.19. The maximum atomic E-state index is 12.6. The molecule has 0 radical (unpaired) electrons. The Morgan fingerprint density at radius 2 is 1.68 bits per heavy atom. The minimum absolute atomic E-state index is 0.106. The van der Waals surface area contributed by atoms with Gasteiger partial charge in [-0.2, -0.15) is 8.78 Å². The van der Waals surface area contributed by atoms with Crippen LogP contribution in [0.5, 0.6) is 23.0 Å².